The van der Waals surface area contributed by atoms with Gasteiger partial charge in [0, 0.05) is 13.7 Å². The molecule has 0 atom stereocenters. The lowest BCUT2D eigenvalue weighted by atomic mass is 10.2. The third-order valence-electron chi connectivity index (χ3n) is 1.96. The van der Waals surface area contributed by atoms with Gasteiger partial charge >= 0.3 is 0 Å². The second-order valence-corrected chi connectivity index (χ2v) is 4.82. The highest BCUT2D eigenvalue weighted by atomic mass is 32.2. The molecule has 0 radical (unpaired) electrons. The number of hydrogen-bond donors (Lipinski definition) is 3. The zero-order valence-corrected chi connectivity index (χ0v) is 10.4. The van der Waals surface area contributed by atoms with Crippen LogP contribution in [0.1, 0.15) is 0 Å². The monoisotopic (exact) mass is 281 g/mol. The van der Waals surface area contributed by atoms with Crippen molar-refractivity contribution in [3.05, 3.63) is 23.8 Å². The van der Waals surface area contributed by atoms with Crippen molar-refractivity contribution < 1.29 is 21.9 Å². The molecular formula is C9H13F2N3O3S. The molecule has 0 aliphatic rings. The maximum atomic E-state index is 13.3. The summed E-state index contributed by atoms with van der Waals surface area (Å²) in [5.41, 5.74) is 4.52. The lowest BCUT2D eigenvalue weighted by Gasteiger charge is -2.12. The van der Waals surface area contributed by atoms with Crippen LogP contribution in [0.5, 0.6) is 0 Å². The fourth-order valence-electron chi connectivity index (χ4n) is 1.12. The third kappa shape index (κ3) is 3.79. The molecular weight excluding hydrogens is 268 g/mol. The predicted molar refractivity (Wildman–Crippen MR) is 63.2 cm³/mol. The number of nitrogens with two attached hydrogens (primary N) is 1. The molecule has 1 rings (SSSR count). The summed E-state index contributed by atoms with van der Waals surface area (Å²) in [6.07, 6.45) is 0. The van der Waals surface area contributed by atoms with E-state index in [2.05, 4.69) is 9.46 Å². The van der Waals surface area contributed by atoms with Gasteiger partial charge in [-0.3, -0.25) is 4.72 Å². The summed E-state index contributed by atoms with van der Waals surface area (Å²) in [6.45, 7) is 0.130. The van der Waals surface area contributed by atoms with Gasteiger partial charge in [-0.2, -0.15) is 13.1 Å². The molecule has 0 fully saturated rings. The van der Waals surface area contributed by atoms with Gasteiger partial charge < -0.3 is 10.5 Å². The van der Waals surface area contributed by atoms with Gasteiger partial charge in [0.1, 0.15) is 5.69 Å². The number of hydrogen-bond acceptors (Lipinski definition) is 4. The average molecular weight is 281 g/mol. The zero-order chi connectivity index (χ0) is 13.8. The van der Waals surface area contributed by atoms with Gasteiger partial charge in [0.2, 0.25) is 0 Å². The molecule has 18 heavy (non-hydrogen) atoms. The van der Waals surface area contributed by atoms with E-state index in [-0.39, 0.29) is 18.8 Å². The van der Waals surface area contributed by atoms with E-state index in [1.165, 1.54) is 7.11 Å². The van der Waals surface area contributed by atoms with Crippen LogP contribution >= 0.6 is 0 Å². The quantitative estimate of drug-likeness (QED) is 0.521. The summed E-state index contributed by atoms with van der Waals surface area (Å²) in [5.74, 6) is -2.55. The molecule has 6 nitrogen and oxygen atoms in total. The van der Waals surface area contributed by atoms with E-state index in [0.29, 0.717) is 0 Å². The van der Waals surface area contributed by atoms with Crippen LogP contribution in [0.4, 0.5) is 20.2 Å². The Kier molecular flexibility index (Phi) is 4.82. The first-order valence-corrected chi connectivity index (χ1v) is 6.35. The summed E-state index contributed by atoms with van der Waals surface area (Å²) in [5, 5.41) is 0. The van der Waals surface area contributed by atoms with Crippen molar-refractivity contribution in [2.75, 3.05) is 30.7 Å². The lowest BCUT2D eigenvalue weighted by molar-refractivity contribution is 0.204. The molecule has 0 bridgehead atoms. The Morgan fingerprint density at radius 3 is 2.67 bits per heavy atom. The maximum Gasteiger partial charge on any atom is 0.299 e. The molecule has 9 heteroatoms. The van der Waals surface area contributed by atoms with Crippen molar-refractivity contribution in [2.45, 2.75) is 0 Å². The summed E-state index contributed by atoms with van der Waals surface area (Å²) < 4.78 is 57.8. The molecule has 0 aliphatic heterocycles. The summed E-state index contributed by atoms with van der Waals surface area (Å²) in [6, 6.07) is 1.87. The van der Waals surface area contributed by atoms with Gasteiger partial charge in [0.25, 0.3) is 10.2 Å². The van der Waals surface area contributed by atoms with E-state index in [0.717, 1.165) is 12.1 Å². The number of anilines is 2. The van der Waals surface area contributed by atoms with E-state index in [4.69, 9.17) is 5.73 Å². The van der Waals surface area contributed by atoms with Crippen molar-refractivity contribution >= 4 is 21.6 Å². The van der Waals surface area contributed by atoms with Gasteiger partial charge in [-0.05, 0) is 12.1 Å². The first kappa shape index (κ1) is 14.6. The Bertz CT molecular complexity index is 522. The molecule has 1 aromatic carbocycles. The molecule has 0 aliphatic carbocycles. The first-order chi connectivity index (χ1) is 8.37. The van der Waals surface area contributed by atoms with Crippen molar-refractivity contribution in [1.29, 1.82) is 0 Å². The molecule has 0 saturated heterocycles. The third-order valence-corrected chi connectivity index (χ3v) is 3.02. The van der Waals surface area contributed by atoms with Crippen LogP contribution in [0.25, 0.3) is 0 Å². The first-order valence-electron chi connectivity index (χ1n) is 4.87. The van der Waals surface area contributed by atoms with Gasteiger partial charge in [0.05, 0.1) is 12.3 Å². The van der Waals surface area contributed by atoms with Gasteiger partial charge in [-0.25, -0.2) is 8.78 Å². The van der Waals surface area contributed by atoms with Crippen molar-refractivity contribution in [1.82, 2.24) is 4.72 Å². The molecule has 102 valence electrons. The van der Waals surface area contributed by atoms with E-state index in [1.54, 1.807) is 0 Å². The molecule has 0 saturated carbocycles. The number of nitrogens with one attached hydrogen (secondary N) is 2. The molecule has 1 aromatic rings. The summed E-state index contributed by atoms with van der Waals surface area (Å²) >= 11 is 0. The molecule has 0 spiro atoms. The smallest absolute Gasteiger partial charge is 0.299 e. The van der Waals surface area contributed by atoms with Crippen LogP contribution in [0, 0.1) is 11.6 Å². The van der Waals surface area contributed by atoms with Crippen molar-refractivity contribution in [2.24, 2.45) is 0 Å². The second-order valence-electron chi connectivity index (χ2n) is 3.32. The van der Waals surface area contributed by atoms with E-state index < -0.39 is 27.5 Å². The highest BCUT2D eigenvalue weighted by Gasteiger charge is 2.17. The fraction of sp³-hybridized carbons (Fsp3) is 0.333. The van der Waals surface area contributed by atoms with Gasteiger partial charge in [-0.15, -0.1) is 0 Å². The number of methoxy groups -OCH3 is 1. The van der Waals surface area contributed by atoms with Gasteiger partial charge in [-0.1, -0.05) is 0 Å². The normalized spacial score (nSPS) is 11.5. The highest BCUT2D eigenvalue weighted by Crippen LogP contribution is 2.25. The van der Waals surface area contributed by atoms with Crippen molar-refractivity contribution in [3.63, 3.8) is 0 Å². The number of benzene rings is 1. The van der Waals surface area contributed by atoms with E-state index >= 15 is 0 Å². The highest BCUT2D eigenvalue weighted by molar-refractivity contribution is 7.90. The zero-order valence-electron chi connectivity index (χ0n) is 9.54. The molecule has 4 N–H and O–H groups in total. The Balaban J connectivity index is 2.87. The van der Waals surface area contributed by atoms with Crippen LogP contribution in [0.3, 0.4) is 0 Å². The summed E-state index contributed by atoms with van der Waals surface area (Å²) in [4.78, 5) is 0. The van der Waals surface area contributed by atoms with Crippen LogP contribution < -0.4 is 15.2 Å². The Hall–Kier alpha value is -1.45. The standard InChI is InChI=1S/C9H13F2N3O3S/c1-17-5-4-13-18(15,16)14-9-7(12)3-2-6(10)8(9)11/h2-3,13-14H,4-5,12H2,1H3. The van der Waals surface area contributed by atoms with Gasteiger partial charge in [0.15, 0.2) is 11.6 Å². The SMILES string of the molecule is COCCNS(=O)(=O)Nc1c(N)ccc(F)c1F. The van der Waals surface area contributed by atoms with Crippen LogP contribution in [0.2, 0.25) is 0 Å². The Morgan fingerprint density at radius 1 is 1.39 bits per heavy atom. The minimum Gasteiger partial charge on any atom is -0.397 e. The topological polar surface area (TPSA) is 93.4 Å². The summed E-state index contributed by atoms with van der Waals surface area (Å²) in [7, 11) is -2.64. The minimum absolute atomic E-state index is 0.0112. The number of nitrogen functional groups attached to an aromatic ring is 1. The largest absolute Gasteiger partial charge is 0.397 e. The maximum absolute atomic E-state index is 13.3. The van der Waals surface area contributed by atoms with E-state index in [1.807, 2.05) is 4.72 Å². The number of ether oxygens (including phenoxy) is 1. The fourth-order valence-corrected chi connectivity index (χ4v) is 2.02. The molecule has 0 unspecified atom stereocenters. The predicted octanol–water partition coefficient (Wildman–Crippen LogP) is 0.440. The lowest BCUT2D eigenvalue weighted by Crippen LogP contribution is -2.33. The molecule has 0 aromatic heterocycles. The average Bonchev–Trinajstić information content (AvgIpc) is 2.30. The number of rotatable bonds is 6. The second kappa shape index (κ2) is 5.94. The van der Waals surface area contributed by atoms with Crippen LogP contribution in [-0.2, 0) is 14.9 Å². The molecule has 0 amide bonds. The number of halogens is 2. The minimum atomic E-state index is -4.04. The Morgan fingerprint density at radius 2 is 2.06 bits per heavy atom. The van der Waals surface area contributed by atoms with Crippen molar-refractivity contribution in [3.8, 4) is 0 Å². The van der Waals surface area contributed by atoms with Crippen LogP contribution in [-0.4, -0.2) is 28.7 Å². The van der Waals surface area contributed by atoms with Crippen LogP contribution in [0.15, 0.2) is 12.1 Å². The molecule has 0 heterocycles. The Labute approximate surface area is 103 Å². The van der Waals surface area contributed by atoms with E-state index in [9.17, 15) is 17.2 Å².